The summed E-state index contributed by atoms with van der Waals surface area (Å²) >= 11 is 4.08. The van der Waals surface area contributed by atoms with Gasteiger partial charge in [0, 0.05) is 0 Å². The summed E-state index contributed by atoms with van der Waals surface area (Å²) < 4.78 is 0. The first-order valence-electron chi connectivity index (χ1n) is 4.07. The summed E-state index contributed by atoms with van der Waals surface area (Å²) in [7, 11) is 0. The van der Waals surface area contributed by atoms with Gasteiger partial charge in [-0.2, -0.15) is 0 Å². The van der Waals surface area contributed by atoms with Crippen molar-refractivity contribution in [3.63, 3.8) is 0 Å². The Morgan fingerprint density at radius 2 is 1.25 bits per heavy atom. The zero-order valence-corrected chi connectivity index (χ0v) is 13.4. The Morgan fingerprint density at radius 1 is 0.917 bits per heavy atom. The Hall–Kier alpha value is 2.13. The summed E-state index contributed by atoms with van der Waals surface area (Å²) in [4.78, 5) is 0. The van der Waals surface area contributed by atoms with E-state index in [-0.39, 0.29) is 29.6 Å². The first-order chi connectivity index (χ1) is 5.13. The van der Waals surface area contributed by atoms with Crippen LogP contribution < -0.4 is 29.6 Å². The molecule has 0 aliphatic carbocycles. The van der Waals surface area contributed by atoms with Gasteiger partial charge in [0.2, 0.25) is 0 Å². The van der Waals surface area contributed by atoms with Crippen molar-refractivity contribution in [2.45, 2.75) is 27.7 Å². The van der Waals surface area contributed by atoms with Crippen LogP contribution in [0.5, 0.6) is 0 Å². The summed E-state index contributed by atoms with van der Waals surface area (Å²) in [5.41, 5.74) is 0. The van der Waals surface area contributed by atoms with Gasteiger partial charge in [-0.05, 0) is 23.3 Å². The number of hydrogen-bond donors (Lipinski definition) is 0. The molecule has 0 spiro atoms. The quantitative estimate of drug-likeness (QED) is 0.387. The Bertz CT molecular complexity index is 79.1. The van der Waals surface area contributed by atoms with E-state index in [4.69, 9.17) is 0 Å². The second-order valence-corrected chi connectivity index (χ2v) is 8.12. The van der Waals surface area contributed by atoms with Gasteiger partial charge in [-0.3, -0.25) is 0 Å². The number of rotatable bonds is 6. The third kappa shape index (κ3) is 14.6. The van der Waals surface area contributed by atoms with E-state index in [9.17, 15) is 0 Å². The van der Waals surface area contributed by atoms with Crippen molar-refractivity contribution < 1.29 is 29.6 Å². The summed E-state index contributed by atoms with van der Waals surface area (Å²) in [6, 6.07) is 0. The first kappa shape index (κ1) is 16.6. The minimum absolute atomic E-state index is 0. The molecule has 12 heavy (non-hydrogen) atoms. The van der Waals surface area contributed by atoms with E-state index in [1.54, 1.807) is 0 Å². The van der Waals surface area contributed by atoms with Crippen LogP contribution in [0.3, 0.4) is 0 Å². The minimum atomic E-state index is 0. The molecule has 0 aromatic heterocycles. The van der Waals surface area contributed by atoms with Gasteiger partial charge in [-0.25, -0.2) is 0 Å². The van der Waals surface area contributed by atoms with Gasteiger partial charge >= 0.3 is 29.6 Å². The molecule has 0 saturated heterocycles. The molecule has 0 fully saturated rings. The molecule has 0 aromatic carbocycles. The van der Waals surface area contributed by atoms with Crippen LogP contribution in [0, 0.1) is 11.8 Å². The van der Waals surface area contributed by atoms with E-state index in [2.05, 4.69) is 27.7 Å². The molecule has 4 heteroatoms. The summed E-state index contributed by atoms with van der Waals surface area (Å²) in [6.07, 6.45) is 0. The molecule has 0 N–H and O–H groups in total. The molecule has 68 valence electrons. The van der Waals surface area contributed by atoms with Gasteiger partial charge in [-0.15, -0.1) is 0 Å². The van der Waals surface area contributed by atoms with Crippen LogP contribution in [0.25, 0.3) is 0 Å². The molecular weight excluding hydrogens is 214 g/mol. The first-order valence-corrected chi connectivity index (χ1v) is 8.14. The molecule has 0 heterocycles. The predicted molar refractivity (Wildman–Crippen MR) is 61.5 cm³/mol. The summed E-state index contributed by atoms with van der Waals surface area (Å²) in [6.45, 7) is 10.6. The monoisotopic (exact) mass is 232 g/mol. The van der Waals surface area contributed by atoms with Crippen LogP contribution in [0.15, 0.2) is 0 Å². The van der Waals surface area contributed by atoms with Crippen LogP contribution >= 0.6 is 29.7 Å². The maximum absolute atomic E-state index is 2.27. The van der Waals surface area contributed by atoms with Crippen molar-refractivity contribution in [3.8, 4) is 0 Å². The molecule has 0 atom stereocenters. The maximum Gasteiger partial charge on any atom is 1.00 e. The summed E-state index contributed by atoms with van der Waals surface area (Å²) in [5, 5.41) is 0. The van der Waals surface area contributed by atoms with Gasteiger partial charge in [0.05, 0.1) is 0 Å². The smallest absolute Gasteiger partial charge is 0.403 e. The van der Waals surface area contributed by atoms with E-state index in [1.165, 1.54) is 18.5 Å². The van der Waals surface area contributed by atoms with E-state index in [0.29, 0.717) is 0 Å². The molecule has 0 aliphatic rings. The molecule has 0 unspecified atom stereocenters. The topological polar surface area (TPSA) is 0 Å². The van der Waals surface area contributed by atoms with E-state index >= 15 is 0 Å². The largest absolute Gasteiger partial charge is 1.00 e. The molecule has 0 rings (SSSR count). The molecule has 0 nitrogen and oxygen atoms in total. The second kappa shape index (κ2) is 11.2. The van der Waals surface area contributed by atoms with Crippen molar-refractivity contribution in [1.29, 1.82) is 0 Å². The van der Waals surface area contributed by atoms with Crippen molar-refractivity contribution in [3.05, 3.63) is 0 Å². The molecule has 0 amide bonds. The van der Waals surface area contributed by atoms with Gasteiger partial charge < -0.3 is 29.7 Å². The van der Waals surface area contributed by atoms with Crippen LogP contribution in [0.4, 0.5) is 0 Å². The zero-order chi connectivity index (χ0) is 8.69. The van der Waals surface area contributed by atoms with Crippen LogP contribution in [0.1, 0.15) is 27.7 Å². The molecule has 0 aliphatic heterocycles. The average Bonchev–Trinajstić information content (AvgIpc) is 1.85. The van der Waals surface area contributed by atoms with Gasteiger partial charge in [-0.1, -0.05) is 27.7 Å². The Labute approximate surface area is 109 Å². The van der Waals surface area contributed by atoms with Crippen LogP contribution in [-0.4, -0.2) is 11.5 Å². The fourth-order valence-corrected chi connectivity index (χ4v) is 5.33. The summed E-state index contributed by atoms with van der Waals surface area (Å²) in [5.74, 6) is 4.28. The third-order valence-electron chi connectivity index (χ3n) is 0.921. The Kier molecular flexibility index (Phi) is 15.5. The van der Waals surface area contributed by atoms with Gasteiger partial charge in [0.1, 0.15) is 0 Å². The van der Waals surface area contributed by atoms with Crippen molar-refractivity contribution >= 4 is 29.7 Å². The zero-order valence-electron chi connectivity index (χ0n) is 8.83. The maximum atomic E-state index is 2.27. The SMILES string of the molecule is CC(C)CS[P-]SCC(C)C.[Na+]. The minimum Gasteiger partial charge on any atom is -0.403 e. The number of hydrogen-bond acceptors (Lipinski definition) is 2. The van der Waals surface area contributed by atoms with E-state index in [0.717, 1.165) is 11.8 Å². The fraction of sp³-hybridized carbons (Fsp3) is 1.00. The molecule has 0 saturated carbocycles. The van der Waals surface area contributed by atoms with Gasteiger partial charge in [0.25, 0.3) is 0 Å². The van der Waals surface area contributed by atoms with Crippen molar-refractivity contribution in [2.24, 2.45) is 11.8 Å². The van der Waals surface area contributed by atoms with E-state index in [1.807, 2.05) is 22.8 Å². The predicted octanol–water partition coefficient (Wildman–Crippen LogP) is 1.54. The average molecular weight is 232 g/mol. The Morgan fingerprint density at radius 3 is 1.50 bits per heavy atom. The van der Waals surface area contributed by atoms with E-state index < -0.39 is 0 Å². The standard InChI is InChI=1S/C8H18PS2.Na/c1-7(2)5-10-9-11-6-8(3)4;/h7-8H,5-6H2,1-4H3;/q-1;+1. The third-order valence-corrected chi connectivity index (χ3v) is 6.19. The molecule has 0 bridgehead atoms. The molecular formula is C8H18NaPS2. The second-order valence-electron chi connectivity index (χ2n) is 3.45. The molecule has 0 aromatic rings. The fourth-order valence-electron chi connectivity index (χ4n) is 0.396. The van der Waals surface area contributed by atoms with Crippen molar-refractivity contribution in [1.82, 2.24) is 0 Å². The van der Waals surface area contributed by atoms with Crippen LogP contribution in [0.2, 0.25) is 0 Å². The molecule has 0 radical (unpaired) electrons. The van der Waals surface area contributed by atoms with Crippen LogP contribution in [-0.2, 0) is 0 Å². The van der Waals surface area contributed by atoms with Gasteiger partial charge in [0.15, 0.2) is 0 Å². The van der Waals surface area contributed by atoms with Crippen molar-refractivity contribution in [2.75, 3.05) is 11.5 Å². The normalized spacial score (nSPS) is 10.5. The Balaban J connectivity index is 0.